The van der Waals surface area contributed by atoms with Gasteiger partial charge in [-0.25, -0.2) is 4.39 Å². The van der Waals surface area contributed by atoms with Crippen LogP contribution in [0.3, 0.4) is 0 Å². The molecule has 0 spiro atoms. The van der Waals surface area contributed by atoms with Gasteiger partial charge in [-0.05, 0) is 56.1 Å². The van der Waals surface area contributed by atoms with Crippen molar-refractivity contribution in [1.29, 1.82) is 0 Å². The van der Waals surface area contributed by atoms with Crippen molar-refractivity contribution in [3.05, 3.63) is 65.2 Å². The fourth-order valence-electron chi connectivity index (χ4n) is 2.20. The zero-order chi connectivity index (χ0) is 13.7. The lowest BCUT2D eigenvalue weighted by Gasteiger charge is -2.17. The molecular weight excluding hydrogens is 239 g/mol. The first-order valence-corrected chi connectivity index (χ1v) is 6.54. The van der Waals surface area contributed by atoms with Crippen molar-refractivity contribution >= 4 is 0 Å². The van der Waals surface area contributed by atoms with E-state index in [0.717, 1.165) is 24.1 Å². The summed E-state index contributed by atoms with van der Waals surface area (Å²) < 4.78 is 13.3. The SMILES string of the molecule is CNC(CCc1ccccn1)c1ccc(F)c(C)c1. The van der Waals surface area contributed by atoms with Crippen molar-refractivity contribution in [1.82, 2.24) is 10.3 Å². The van der Waals surface area contributed by atoms with E-state index >= 15 is 0 Å². The molecule has 1 aromatic carbocycles. The lowest BCUT2D eigenvalue weighted by Crippen LogP contribution is -2.17. The lowest BCUT2D eigenvalue weighted by atomic mass is 9.99. The molecule has 0 bridgehead atoms. The van der Waals surface area contributed by atoms with E-state index in [2.05, 4.69) is 10.3 Å². The molecule has 0 aliphatic carbocycles. The molecule has 100 valence electrons. The summed E-state index contributed by atoms with van der Waals surface area (Å²) in [6.07, 6.45) is 3.66. The smallest absolute Gasteiger partial charge is 0.126 e. The third kappa shape index (κ3) is 3.61. The largest absolute Gasteiger partial charge is 0.313 e. The predicted octanol–water partition coefficient (Wildman–Crippen LogP) is 3.42. The van der Waals surface area contributed by atoms with Gasteiger partial charge < -0.3 is 5.32 Å². The van der Waals surface area contributed by atoms with Gasteiger partial charge in [0.1, 0.15) is 5.82 Å². The third-order valence-electron chi connectivity index (χ3n) is 3.35. The molecule has 0 radical (unpaired) electrons. The highest BCUT2D eigenvalue weighted by atomic mass is 19.1. The van der Waals surface area contributed by atoms with Gasteiger partial charge in [0.05, 0.1) is 0 Å². The van der Waals surface area contributed by atoms with Crippen LogP contribution in [0.2, 0.25) is 0 Å². The number of pyridine rings is 1. The van der Waals surface area contributed by atoms with E-state index in [-0.39, 0.29) is 11.9 Å². The minimum atomic E-state index is -0.150. The third-order valence-corrected chi connectivity index (χ3v) is 3.35. The van der Waals surface area contributed by atoms with Crippen LogP contribution in [-0.4, -0.2) is 12.0 Å². The molecule has 0 aliphatic rings. The van der Waals surface area contributed by atoms with Crippen LogP contribution in [0.25, 0.3) is 0 Å². The molecule has 2 aromatic rings. The van der Waals surface area contributed by atoms with E-state index < -0.39 is 0 Å². The van der Waals surface area contributed by atoms with E-state index in [0.29, 0.717) is 5.56 Å². The van der Waals surface area contributed by atoms with Crippen LogP contribution in [0, 0.1) is 12.7 Å². The minimum absolute atomic E-state index is 0.150. The second-order valence-electron chi connectivity index (χ2n) is 4.71. The maximum absolute atomic E-state index is 13.3. The highest BCUT2D eigenvalue weighted by Gasteiger charge is 2.11. The number of halogens is 1. The molecule has 1 N–H and O–H groups in total. The van der Waals surface area contributed by atoms with Crippen molar-refractivity contribution < 1.29 is 4.39 Å². The van der Waals surface area contributed by atoms with Crippen LogP contribution in [0.1, 0.15) is 29.3 Å². The second-order valence-corrected chi connectivity index (χ2v) is 4.71. The molecule has 1 heterocycles. The number of aromatic nitrogens is 1. The van der Waals surface area contributed by atoms with Gasteiger partial charge in [-0.3, -0.25) is 4.98 Å². The Morgan fingerprint density at radius 2 is 2.11 bits per heavy atom. The van der Waals surface area contributed by atoms with Crippen molar-refractivity contribution in [2.24, 2.45) is 0 Å². The standard InChI is InChI=1S/C16H19FN2/c1-12-11-13(6-8-15(12)17)16(18-2)9-7-14-5-3-4-10-19-14/h3-6,8,10-11,16,18H,7,9H2,1-2H3. The monoisotopic (exact) mass is 258 g/mol. The van der Waals surface area contributed by atoms with Gasteiger partial charge in [0.15, 0.2) is 0 Å². The number of aryl methyl sites for hydroxylation is 2. The molecule has 2 nitrogen and oxygen atoms in total. The average Bonchev–Trinajstić information content (AvgIpc) is 2.44. The Hall–Kier alpha value is -1.74. The molecule has 0 saturated heterocycles. The second kappa shape index (κ2) is 6.43. The van der Waals surface area contributed by atoms with Crippen LogP contribution in [-0.2, 0) is 6.42 Å². The first kappa shape index (κ1) is 13.7. The summed E-state index contributed by atoms with van der Waals surface area (Å²) in [6.45, 7) is 1.80. The Bertz CT molecular complexity index is 526. The van der Waals surface area contributed by atoms with Crippen LogP contribution in [0.5, 0.6) is 0 Å². The maximum atomic E-state index is 13.3. The summed E-state index contributed by atoms with van der Waals surface area (Å²) in [7, 11) is 1.93. The van der Waals surface area contributed by atoms with Crippen LogP contribution >= 0.6 is 0 Å². The molecule has 0 aliphatic heterocycles. The van der Waals surface area contributed by atoms with E-state index in [1.54, 1.807) is 6.92 Å². The van der Waals surface area contributed by atoms with Crippen LogP contribution < -0.4 is 5.32 Å². The number of nitrogens with zero attached hydrogens (tertiary/aromatic N) is 1. The van der Waals surface area contributed by atoms with Gasteiger partial charge in [-0.2, -0.15) is 0 Å². The van der Waals surface area contributed by atoms with Gasteiger partial charge in [0, 0.05) is 17.9 Å². The number of benzene rings is 1. The minimum Gasteiger partial charge on any atom is -0.313 e. The van der Waals surface area contributed by atoms with Crippen molar-refractivity contribution in [3.8, 4) is 0 Å². The molecule has 3 heteroatoms. The molecule has 1 aromatic heterocycles. The number of hydrogen-bond acceptors (Lipinski definition) is 2. The van der Waals surface area contributed by atoms with Crippen LogP contribution in [0.15, 0.2) is 42.6 Å². The summed E-state index contributed by atoms with van der Waals surface area (Å²) in [4.78, 5) is 4.32. The van der Waals surface area contributed by atoms with E-state index in [1.807, 2.05) is 43.6 Å². The van der Waals surface area contributed by atoms with E-state index in [4.69, 9.17) is 0 Å². The quantitative estimate of drug-likeness (QED) is 0.888. The van der Waals surface area contributed by atoms with Gasteiger partial charge in [-0.15, -0.1) is 0 Å². The Morgan fingerprint density at radius 3 is 2.74 bits per heavy atom. The normalized spacial score (nSPS) is 12.4. The lowest BCUT2D eigenvalue weighted by molar-refractivity contribution is 0.542. The highest BCUT2D eigenvalue weighted by Crippen LogP contribution is 2.20. The molecule has 0 saturated carbocycles. The van der Waals surface area contributed by atoms with Gasteiger partial charge in [-0.1, -0.05) is 18.2 Å². The summed E-state index contributed by atoms with van der Waals surface area (Å²) >= 11 is 0. The summed E-state index contributed by atoms with van der Waals surface area (Å²) in [5.74, 6) is -0.150. The Morgan fingerprint density at radius 1 is 1.26 bits per heavy atom. The maximum Gasteiger partial charge on any atom is 0.126 e. The Labute approximate surface area is 113 Å². The van der Waals surface area contributed by atoms with Gasteiger partial charge >= 0.3 is 0 Å². The number of hydrogen-bond donors (Lipinski definition) is 1. The Kier molecular flexibility index (Phi) is 4.63. The van der Waals surface area contributed by atoms with Crippen molar-refractivity contribution in [2.75, 3.05) is 7.05 Å². The molecule has 1 atom stereocenters. The van der Waals surface area contributed by atoms with E-state index in [1.165, 1.54) is 6.07 Å². The molecular formula is C16H19FN2. The zero-order valence-corrected chi connectivity index (χ0v) is 11.4. The number of nitrogens with one attached hydrogen (secondary N) is 1. The first-order chi connectivity index (χ1) is 9.20. The average molecular weight is 258 g/mol. The summed E-state index contributed by atoms with van der Waals surface area (Å²) in [6, 6.07) is 11.5. The molecule has 0 amide bonds. The number of rotatable bonds is 5. The van der Waals surface area contributed by atoms with Crippen molar-refractivity contribution in [3.63, 3.8) is 0 Å². The highest BCUT2D eigenvalue weighted by molar-refractivity contribution is 5.26. The predicted molar refractivity (Wildman–Crippen MR) is 75.5 cm³/mol. The first-order valence-electron chi connectivity index (χ1n) is 6.54. The fraction of sp³-hybridized carbons (Fsp3) is 0.312. The van der Waals surface area contributed by atoms with Gasteiger partial charge in [0.2, 0.25) is 0 Å². The summed E-state index contributed by atoms with van der Waals surface area (Å²) in [5.41, 5.74) is 2.90. The molecule has 1 unspecified atom stereocenters. The molecule has 0 fully saturated rings. The van der Waals surface area contributed by atoms with Crippen molar-refractivity contribution in [2.45, 2.75) is 25.8 Å². The zero-order valence-electron chi connectivity index (χ0n) is 11.4. The fourth-order valence-corrected chi connectivity index (χ4v) is 2.20. The Balaban J connectivity index is 2.05. The molecule has 2 rings (SSSR count). The summed E-state index contributed by atoms with van der Waals surface area (Å²) in [5, 5.41) is 3.29. The topological polar surface area (TPSA) is 24.9 Å². The van der Waals surface area contributed by atoms with Gasteiger partial charge in [0.25, 0.3) is 0 Å². The van der Waals surface area contributed by atoms with E-state index in [9.17, 15) is 4.39 Å². The molecule has 19 heavy (non-hydrogen) atoms. The van der Waals surface area contributed by atoms with Crippen LogP contribution in [0.4, 0.5) is 4.39 Å².